The molecule has 0 atom stereocenters. The molecule has 0 fully saturated rings. The van der Waals surface area contributed by atoms with Gasteiger partial charge < -0.3 is 4.98 Å². The van der Waals surface area contributed by atoms with Gasteiger partial charge >= 0.3 is 6.18 Å². The molecule has 0 saturated heterocycles. The van der Waals surface area contributed by atoms with E-state index >= 15 is 0 Å². The first-order valence-electron chi connectivity index (χ1n) is 6.70. The second-order valence-electron chi connectivity index (χ2n) is 4.86. The molecule has 0 aliphatic rings. The predicted molar refractivity (Wildman–Crippen MR) is 77.1 cm³/mol. The van der Waals surface area contributed by atoms with Gasteiger partial charge in [-0.15, -0.1) is 0 Å². The van der Waals surface area contributed by atoms with E-state index in [0.717, 1.165) is 11.6 Å². The minimum Gasteiger partial charge on any atom is -0.344 e. The Morgan fingerprint density at radius 3 is 2.64 bits per heavy atom. The van der Waals surface area contributed by atoms with Crippen LogP contribution in [-0.2, 0) is 12.6 Å². The van der Waals surface area contributed by atoms with Gasteiger partial charge in [-0.25, -0.2) is 4.98 Å². The highest BCUT2D eigenvalue weighted by Crippen LogP contribution is 2.32. The van der Waals surface area contributed by atoms with Gasteiger partial charge in [0.15, 0.2) is 0 Å². The number of imidazole rings is 1. The number of hydrogen-bond acceptors (Lipinski definition) is 1. The summed E-state index contributed by atoms with van der Waals surface area (Å²) in [4.78, 5) is 7.34. The van der Waals surface area contributed by atoms with Crippen molar-refractivity contribution < 1.29 is 13.2 Å². The van der Waals surface area contributed by atoms with Crippen molar-refractivity contribution in [1.29, 1.82) is 0 Å². The molecule has 3 aromatic rings. The van der Waals surface area contributed by atoms with E-state index in [1.54, 1.807) is 24.4 Å². The standard InChI is InChI=1S/C17H12F3N2/c18-17(19,20)15-9-5-4-8-13(15)10-14-11-21-16(22-14)12-6-2-1-3-7-12/h1-2,4-9,11H,10H2,(H,21,22). The highest BCUT2D eigenvalue weighted by molar-refractivity contribution is 5.54. The molecule has 1 N–H and O–H groups in total. The molecule has 2 nitrogen and oxygen atoms in total. The van der Waals surface area contributed by atoms with Crippen LogP contribution in [0.3, 0.4) is 0 Å². The van der Waals surface area contributed by atoms with E-state index < -0.39 is 11.7 Å². The molecule has 111 valence electrons. The van der Waals surface area contributed by atoms with Crippen LogP contribution in [0.2, 0.25) is 0 Å². The van der Waals surface area contributed by atoms with Crippen LogP contribution >= 0.6 is 0 Å². The monoisotopic (exact) mass is 301 g/mol. The lowest BCUT2D eigenvalue weighted by Gasteiger charge is -2.11. The molecule has 0 saturated carbocycles. The second kappa shape index (κ2) is 5.67. The van der Waals surface area contributed by atoms with Gasteiger partial charge in [0.2, 0.25) is 0 Å². The summed E-state index contributed by atoms with van der Waals surface area (Å²) < 4.78 is 39.0. The lowest BCUT2D eigenvalue weighted by Crippen LogP contribution is -2.09. The maximum absolute atomic E-state index is 13.0. The highest BCUT2D eigenvalue weighted by atomic mass is 19.4. The number of hydrogen-bond donors (Lipinski definition) is 1. The molecule has 0 aliphatic carbocycles. The summed E-state index contributed by atoms with van der Waals surface area (Å²) in [6, 6.07) is 15.7. The molecule has 0 aliphatic heterocycles. The minimum absolute atomic E-state index is 0.128. The van der Waals surface area contributed by atoms with E-state index in [9.17, 15) is 13.2 Å². The Morgan fingerprint density at radius 2 is 1.91 bits per heavy atom. The van der Waals surface area contributed by atoms with Gasteiger partial charge in [-0.1, -0.05) is 36.4 Å². The Labute approximate surface area is 125 Å². The molecule has 2 aromatic carbocycles. The smallest absolute Gasteiger partial charge is 0.344 e. The molecule has 1 radical (unpaired) electrons. The van der Waals surface area contributed by atoms with Gasteiger partial charge in [0, 0.05) is 18.2 Å². The van der Waals surface area contributed by atoms with Crippen molar-refractivity contribution in [1.82, 2.24) is 9.97 Å². The Bertz CT molecular complexity index is 761. The van der Waals surface area contributed by atoms with Gasteiger partial charge in [-0.05, 0) is 23.8 Å². The molecule has 5 heteroatoms. The molecule has 1 aromatic heterocycles. The summed E-state index contributed by atoms with van der Waals surface area (Å²) in [6.45, 7) is 0. The van der Waals surface area contributed by atoms with E-state index in [4.69, 9.17) is 0 Å². The molecule has 0 unspecified atom stereocenters. The molecule has 0 spiro atoms. The fourth-order valence-electron chi connectivity index (χ4n) is 2.29. The summed E-state index contributed by atoms with van der Waals surface area (Å²) >= 11 is 0. The quantitative estimate of drug-likeness (QED) is 0.759. The first-order valence-corrected chi connectivity index (χ1v) is 6.70. The fourth-order valence-corrected chi connectivity index (χ4v) is 2.29. The van der Waals surface area contributed by atoms with Crippen molar-refractivity contribution in [2.24, 2.45) is 0 Å². The summed E-state index contributed by atoms with van der Waals surface area (Å²) in [5.74, 6) is 0.622. The molecule has 22 heavy (non-hydrogen) atoms. The van der Waals surface area contributed by atoms with Crippen LogP contribution < -0.4 is 0 Å². The zero-order valence-corrected chi connectivity index (χ0v) is 11.5. The first-order chi connectivity index (χ1) is 10.5. The number of rotatable bonds is 3. The van der Waals surface area contributed by atoms with Crippen molar-refractivity contribution in [3.63, 3.8) is 0 Å². The number of halogens is 3. The number of H-pyrrole nitrogens is 1. The van der Waals surface area contributed by atoms with E-state index in [1.807, 2.05) is 12.1 Å². The number of alkyl halides is 3. The summed E-state index contributed by atoms with van der Waals surface area (Å²) in [6.07, 6.45) is -2.59. The average Bonchev–Trinajstić information content (AvgIpc) is 2.96. The van der Waals surface area contributed by atoms with Crippen molar-refractivity contribution in [2.45, 2.75) is 12.6 Å². The number of aromatic nitrogens is 2. The van der Waals surface area contributed by atoms with Crippen molar-refractivity contribution in [3.8, 4) is 11.4 Å². The van der Waals surface area contributed by atoms with Gasteiger partial charge in [-0.2, -0.15) is 13.2 Å². The third kappa shape index (κ3) is 3.03. The van der Waals surface area contributed by atoms with E-state index in [2.05, 4.69) is 16.0 Å². The number of nitrogens with one attached hydrogen (secondary N) is 1. The molecule has 3 rings (SSSR count). The second-order valence-corrected chi connectivity index (χ2v) is 4.86. The normalized spacial score (nSPS) is 11.6. The minimum atomic E-state index is -4.36. The van der Waals surface area contributed by atoms with Crippen LogP contribution in [0.1, 0.15) is 16.8 Å². The summed E-state index contributed by atoms with van der Waals surface area (Å²) in [5.41, 5.74) is 1.01. The average molecular weight is 301 g/mol. The molecule has 0 amide bonds. The third-order valence-corrected chi connectivity index (χ3v) is 3.31. The lowest BCUT2D eigenvalue weighted by molar-refractivity contribution is -0.138. The van der Waals surface area contributed by atoms with Gasteiger partial charge in [-0.3, -0.25) is 0 Å². The summed E-state index contributed by atoms with van der Waals surface area (Å²) in [5, 5.41) is 0. The molecular weight excluding hydrogens is 289 g/mol. The maximum atomic E-state index is 13.0. The van der Waals surface area contributed by atoms with Gasteiger partial charge in [0.1, 0.15) is 5.82 Å². The summed E-state index contributed by atoms with van der Waals surface area (Å²) in [7, 11) is 0. The van der Waals surface area contributed by atoms with Gasteiger partial charge in [0.05, 0.1) is 11.3 Å². The third-order valence-electron chi connectivity index (χ3n) is 3.31. The Balaban J connectivity index is 1.88. The van der Waals surface area contributed by atoms with E-state index in [0.29, 0.717) is 11.5 Å². The Kier molecular flexibility index (Phi) is 3.71. The van der Waals surface area contributed by atoms with Crippen LogP contribution in [0.4, 0.5) is 13.2 Å². The van der Waals surface area contributed by atoms with E-state index in [-0.39, 0.29) is 12.0 Å². The zero-order chi connectivity index (χ0) is 15.6. The highest BCUT2D eigenvalue weighted by Gasteiger charge is 2.32. The topological polar surface area (TPSA) is 28.7 Å². The number of nitrogens with zero attached hydrogens (tertiary/aromatic N) is 1. The van der Waals surface area contributed by atoms with Gasteiger partial charge in [0.25, 0.3) is 0 Å². The van der Waals surface area contributed by atoms with Crippen molar-refractivity contribution in [3.05, 3.63) is 77.6 Å². The van der Waals surface area contributed by atoms with Crippen LogP contribution in [0, 0.1) is 6.07 Å². The van der Waals surface area contributed by atoms with E-state index in [1.165, 1.54) is 12.1 Å². The Morgan fingerprint density at radius 1 is 1.09 bits per heavy atom. The predicted octanol–water partition coefficient (Wildman–Crippen LogP) is 4.49. The number of aromatic amines is 1. The largest absolute Gasteiger partial charge is 0.416 e. The fraction of sp³-hybridized carbons (Fsp3) is 0.118. The SMILES string of the molecule is FC(F)(F)c1ccccc1Cc1c[nH]c(-c2c[c]ccc2)n1. The van der Waals surface area contributed by atoms with Crippen LogP contribution in [0.25, 0.3) is 11.4 Å². The zero-order valence-electron chi connectivity index (χ0n) is 11.5. The lowest BCUT2D eigenvalue weighted by atomic mass is 10.0. The Hall–Kier alpha value is -2.56. The van der Waals surface area contributed by atoms with Crippen LogP contribution in [-0.4, -0.2) is 9.97 Å². The number of benzene rings is 2. The van der Waals surface area contributed by atoms with Crippen molar-refractivity contribution >= 4 is 0 Å². The molecular formula is C17H12F3N2. The maximum Gasteiger partial charge on any atom is 0.416 e. The first kappa shape index (κ1) is 14.4. The molecule has 1 heterocycles. The van der Waals surface area contributed by atoms with Crippen LogP contribution in [0.5, 0.6) is 0 Å². The van der Waals surface area contributed by atoms with Crippen molar-refractivity contribution in [2.75, 3.05) is 0 Å². The molecule has 0 bridgehead atoms. The van der Waals surface area contributed by atoms with Crippen LogP contribution in [0.15, 0.2) is 54.7 Å².